The SMILES string of the molecule is O=C(O)Cc1ccc2c(c1)OCO2.[H-].[Na+]. The summed E-state index contributed by atoms with van der Waals surface area (Å²) in [7, 11) is 0. The molecule has 0 unspecified atom stereocenters. The molecule has 0 radical (unpaired) electrons. The van der Waals surface area contributed by atoms with Crippen molar-refractivity contribution in [3.05, 3.63) is 23.8 Å². The Morgan fingerprint density at radius 3 is 2.86 bits per heavy atom. The number of fused-ring (bicyclic) bond motifs is 1. The first-order valence-electron chi connectivity index (χ1n) is 3.86. The second-order valence-electron chi connectivity index (χ2n) is 2.76. The second-order valence-corrected chi connectivity index (χ2v) is 2.76. The van der Waals surface area contributed by atoms with Crippen LogP contribution in [0.25, 0.3) is 0 Å². The van der Waals surface area contributed by atoms with E-state index in [0.29, 0.717) is 11.5 Å². The topological polar surface area (TPSA) is 55.8 Å². The zero-order chi connectivity index (χ0) is 9.26. The molecule has 0 aliphatic carbocycles. The van der Waals surface area contributed by atoms with Crippen molar-refractivity contribution in [3.63, 3.8) is 0 Å². The minimum Gasteiger partial charge on any atom is -1.00 e. The first kappa shape index (κ1) is 11.4. The maximum Gasteiger partial charge on any atom is 1.00 e. The third-order valence-electron chi connectivity index (χ3n) is 1.79. The van der Waals surface area contributed by atoms with Crippen molar-refractivity contribution in [3.8, 4) is 11.5 Å². The molecule has 0 fully saturated rings. The zero-order valence-electron chi connectivity index (χ0n) is 8.82. The van der Waals surface area contributed by atoms with Crippen molar-refractivity contribution in [2.45, 2.75) is 6.42 Å². The maximum atomic E-state index is 10.4. The standard InChI is InChI=1S/C9H8O4.Na.H/c10-9(11)4-6-1-2-7-8(3-6)13-5-12-7;;/h1-3H,4-5H2,(H,10,11);;/q;+1;-1. The first-order chi connectivity index (χ1) is 6.25. The van der Waals surface area contributed by atoms with Crippen LogP contribution in [0.4, 0.5) is 0 Å². The predicted octanol–water partition coefficient (Wildman–Crippen LogP) is -1.84. The Morgan fingerprint density at radius 2 is 2.14 bits per heavy atom. The van der Waals surface area contributed by atoms with Crippen molar-refractivity contribution in [1.29, 1.82) is 0 Å². The molecule has 1 heterocycles. The van der Waals surface area contributed by atoms with Crippen molar-refractivity contribution < 1.29 is 50.4 Å². The van der Waals surface area contributed by atoms with Crippen LogP contribution in [0.15, 0.2) is 18.2 Å². The van der Waals surface area contributed by atoms with Gasteiger partial charge in [-0.2, -0.15) is 0 Å². The number of carbonyl (C=O) groups is 1. The fourth-order valence-electron chi connectivity index (χ4n) is 1.23. The number of rotatable bonds is 2. The number of carboxylic acid groups (broad SMARTS) is 1. The molecule has 0 amide bonds. The summed E-state index contributed by atoms with van der Waals surface area (Å²) in [6.45, 7) is 0.214. The van der Waals surface area contributed by atoms with Crippen LogP contribution in [0.2, 0.25) is 0 Å². The Labute approximate surface area is 105 Å². The van der Waals surface area contributed by atoms with Crippen LogP contribution < -0.4 is 39.0 Å². The van der Waals surface area contributed by atoms with Crippen LogP contribution in [0.5, 0.6) is 11.5 Å². The van der Waals surface area contributed by atoms with Gasteiger partial charge in [0.15, 0.2) is 11.5 Å². The van der Waals surface area contributed by atoms with Gasteiger partial charge in [-0.25, -0.2) is 0 Å². The van der Waals surface area contributed by atoms with E-state index in [1.54, 1.807) is 18.2 Å². The molecule has 1 N–H and O–H groups in total. The summed E-state index contributed by atoms with van der Waals surface area (Å²) in [5.74, 6) is 0.451. The van der Waals surface area contributed by atoms with Crippen molar-refractivity contribution in [1.82, 2.24) is 0 Å². The molecule has 0 saturated heterocycles. The van der Waals surface area contributed by atoms with Crippen LogP contribution in [-0.4, -0.2) is 17.9 Å². The van der Waals surface area contributed by atoms with Gasteiger partial charge in [0, 0.05) is 0 Å². The van der Waals surface area contributed by atoms with Gasteiger partial charge in [-0.15, -0.1) is 0 Å². The Kier molecular flexibility index (Phi) is 3.80. The molecule has 1 aliphatic rings. The van der Waals surface area contributed by atoms with Crippen molar-refractivity contribution >= 4 is 5.97 Å². The summed E-state index contributed by atoms with van der Waals surface area (Å²) in [4.78, 5) is 10.4. The van der Waals surface area contributed by atoms with Crippen LogP contribution in [-0.2, 0) is 11.2 Å². The molecule has 0 bridgehead atoms. The molecule has 2 rings (SSSR count). The number of carboxylic acids is 1. The molecule has 5 heteroatoms. The number of aliphatic carboxylic acids is 1. The minimum atomic E-state index is -0.848. The summed E-state index contributed by atoms with van der Waals surface area (Å²) in [6, 6.07) is 5.14. The van der Waals surface area contributed by atoms with E-state index in [1.165, 1.54) is 0 Å². The van der Waals surface area contributed by atoms with Gasteiger partial charge in [0.25, 0.3) is 0 Å². The van der Waals surface area contributed by atoms with E-state index in [9.17, 15) is 4.79 Å². The molecule has 0 saturated carbocycles. The molecule has 1 aromatic rings. The Bertz CT molecular complexity index is 356. The fourth-order valence-corrected chi connectivity index (χ4v) is 1.23. The third-order valence-corrected chi connectivity index (χ3v) is 1.79. The van der Waals surface area contributed by atoms with Gasteiger partial charge in [-0.1, -0.05) is 6.07 Å². The molecular weight excluding hydrogens is 195 g/mol. The van der Waals surface area contributed by atoms with E-state index in [-0.39, 0.29) is 44.2 Å². The van der Waals surface area contributed by atoms with Gasteiger partial charge in [0.05, 0.1) is 6.42 Å². The first-order valence-corrected chi connectivity index (χ1v) is 3.86. The fraction of sp³-hybridized carbons (Fsp3) is 0.222. The average Bonchev–Trinajstić information content (AvgIpc) is 2.49. The maximum absolute atomic E-state index is 10.4. The van der Waals surface area contributed by atoms with Crippen LogP contribution in [0.3, 0.4) is 0 Å². The van der Waals surface area contributed by atoms with E-state index < -0.39 is 5.97 Å². The number of hydrogen-bond donors (Lipinski definition) is 1. The van der Waals surface area contributed by atoms with E-state index in [4.69, 9.17) is 14.6 Å². The monoisotopic (exact) mass is 204 g/mol. The van der Waals surface area contributed by atoms with E-state index in [1.807, 2.05) is 0 Å². The number of hydrogen-bond acceptors (Lipinski definition) is 3. The van der Waals surface area contributed by atoms with Gasteiger partial charge >= 0.3 is 35.5 Å². The summed E-state index contributed by atoms with van der Waals surface area (Å²) in [6.07, 6.45) is 0.0106. The molecule has 70 valence electrons. The summed E-state index contributed by atoms with van der Waals surface area (Å²) < 4.78 is 10.2. The smallest absolute Gasteiger partial charge is 1.00 e. The van der Waals surface area contributed by atoms with Crippen LogP contribution in [0, 0.1) is 0 Å². The molecule has 1 aromatic carbocycles. The second kappa shape index (κ2) is 4.68. The predicted molar refractivity (Wildman–Crippen MR) is 45.0 cm³/mol. The minimum absolute atomic E-state index is 0. The van der Waals surface area contributed by atoms with E-state index in [2.05, 4.69) is 0 Å². The van der Waals surface area contributed by atoms with Crippen molar-refractivity contribution in [2.24, 2.45) is 0 Å². The number of benzene rings is 1. The zero-order valence-corrected chi connectivity index (χ0v) is 9.82. The molecule has 0 aromatic heterocycles. The Morgan fingerprint density at radius 1 is 1.43 bits per heavy atom. The van der Waals surface area contributed by atoms with E-state index in [0.717, 1.165) is 5.56 Å². The third kappa shape index (κ3) is 2.41. The molecular formula is C9H9NaO4. The molecule has 1 aliphatic heterocycles. The molecule has 14 heavy (non-hydrogen) atoms. The largest absolute Gasteiger partial charge is 1.00 e. The summed E-state index contributed by atoms with van der Waals surface area (Å²) in [5.41, 5.74) is 0.719. The average molecular weight is 204 g/mol. The normalized spacial score (nSPS) is 12.0. The molecule has 0 atom stereocenters. The van der Waals surface area contributed by atoms with E-state index >= 15 is 0 Å². The van der Waals surface area contributed by atoms with Gasteiger partial charge in [0.2, 0.25) is 6.79 Å². The van der Waals surface area contributed by atoms with Crippen LogP contribution >= 0.6 is 0 Å². The summed E-state index contributed by atoms with van der Waals surface area (Å²) >= 11 is 0. The van der Waals surface area contributed by atoms with Crippen molar-refractivity contribution in [2.75, 3.05) is 6.79 Å². The van der Waals surface area contributed by atoms with Crippen LogP contribution in [0.1, 0.15) is 6.99 Å². The molecule has 0 spiro atoms. The molecule has 4 nitrogen and oxygen atoms in total. The number of ether oxygens (including phenoxy) is 2. The summed E-state index contributed by atoms with van der Waals surface area (Å²) in [5, 5.41) is 8.54. The van der Waals surface area contributed by atoms with Gasteiger partial charge < -0.3 is 16.0 Å². The van der Waals surface area contributed by atoms with Gasteiger partial charge in [-0.05, 0) is 17.7 Å². The Hall–Kier alpha value is -0.710. The quantitative estimate of drug-likeness (QED) is 0.575. The van der Waals surface area contributed by atoms with Gasteiger partial charge in [0.1, 0.15) is 0 Å². The van der Waals surface area contributed by atoms with Gasteiger partial charge in [-0.3, -0.25) is 4.79 Å². The Balaban J connectivity index is 0.000000980.